The zero-order chi connectivity index (χ0) is 11.5. The van der Waals surface area contributed by atoms with E-state index in [1.54, 1.807) is 0 Å². The van der Waals surface area contributed by atoms with Crippen LogP contribution in [-0.4, -0.2) is 49.8 Å². The molecule has 88 valence electrons. The number of hydrogen-bond acceptors (Lipinski definition) is 4. The van der Waals surface area contributed by atoms with Gasteiger partial charge in [-0.15, -0.1) is 0 Å². The minimum Gasteiger partial charge on any atom is -0.480 e. The Morgan fingerprint density at radius 3 is 2.67 bits per heavy atom. The number of amides is 1. The van der Waals surface area contributed by atoms with Crippen LogP contribution in [0, 0.1) is 0 Å². The molecule has 0 saturated heterocycles. The van der Waals surface area contributed by atoms with Crippen molar-refractivity contribution < 1.29 is 19.4 Å². The summed E-state index contributed by atoms with van der Waals surface area (Å²) in [4.78, 5) is 21.1. The Balaban J connectivity index is 3.20. The molecule has 0 bridgehead atoms. The van der Waals surface area contributed by atoms with E-state index in [0.29, 0.717) is 6.54 Å². The standard InChI is InChI=1S/C9H18N2O4/c1-2-3-10-6-8(12)11-4-5-15-7-9(13)14/h10H,2-7H2,1H3,(H,11,12)(H,13,14). The van der Waals surface area contributed by atoms with Crippen LogP contribution in [0.5, 0.6) is 0 Å². The summed E-state index contributed by atoms with van der Waals surface area (Å²) in [5.41, 5.74) is 0. The molecule has 0 aromatic carbocycles. The Bertz CT molecular complexity index is 197. The first-order valence-electron chi connectivity index (χ1n) is 4.93. The van der Waals surface area contributed by atoms with Crippen LogP contribution in [0.3, 0.4) is 0 Å². The van der Waals surface area contributed by atoms with Crippen molar-refractivity contribution in [3.05, 3.63) is 0 Å². The SMILES string of the molecule is CCCNCC(=O)NCCOCC(=O)O. The molecule has 6 heteroatoms. The summed E-state index contributed by atoms with van der Waals surface area (Å²) < 4.78 is 4.74. The lowest BCUT2D eigenvalue weighted by molar-refractivity contribution is -0.142. The van der Waals surface area contributed by atoms with Gasteiger partial charge in [0.1, 0.15) is 6.61 Å². The molecule has 0 aromatic heterocycles. The molecule has 3 N–H and O–H groups in total. The van der Waals surface area contributed by atoms with E-state index in [4.69, 9.17) is 9.84 Å². The summed E-state index contributed by atoms with van der Waals surface area (Å²) in [6.45, 7) is 3.33. The summed E-state index contributed by atoms with van der Waals surface area (Å²) in [5.74, 6) is -1.12. The summed E-state index contributed by atoms with van der Waals surface area (Å²) in [5, 5.41) is 13.8. The minimum atomic E-state index is -1.01. The molecule has 0 aliphatic rings. The number of ether oxygens (including phenoxy) is 1. The number of carbonyl (C=O) groups is 2. The molecule has 0 unspecified atom stereocenters. The van der Waals surface area contributed by atoms with Crippen molar-refractivity contribution in [2.75, 3.05) is 32.8 Å². The summed E-state index contributed by atoms with van der Waals surface area (Å²) >= 11 is 0. The van der Waals surface area contributed by atoms with Crippen LogP contribution in [0.25, 0.3) is 0 Å². The normalized spacial score (nSPS) is 9.93. The molecule has 0 aromatic rings. The van der Waals surface area contributed by atoms with E-state index < -0.39 is 5.97 Å². The fourth-order valence-corrected chi connectivity index (χ4v) is 0.863. The average Bonchev–Trinajstić information content (AvgIpc) is 2.17. The van der Waals surface area contributed by atoms with E-state index in [9.17, 15) is 9.59 Å². The van der Waals surface area contributed by atoms with Gasteiger partial charge in [-0.2, -0.15) is 0 Å². The molecule has 6 nitrogen and oxygen atoms in total. The molecule has 0 atom stereocenters. The molecule has 0 saturated carbocycles. The number of carbonyl (C=O) groups excluding carboxylic acids is 1. The second-order valence-corrected chi connectivity index (χ2v) is 2.97. The van der Waals surface area contributed by atoms with Gasteiger partial charge in [0.25, 0.3) is 0 Å². The zero-order valence-electron chi connectivity index (χ0n) is 8.91. The lowest BCUT2D eigenvalue weighted by Crippen LogP contribution is -2.36. The second kappa shape index (κ2) is 9.42. The Morgan fingerprint density at radius 2 is 2.07 bits per heavy atom. The maximum Gasteiger partial charge on any atom is 0.329 e. The molecule has 0 spiro atoms. The number of nitrogens with one attached hydrogen (secondary N) is 2. The van der Waals surface area contributed by atoms with Gasteiger partial charge in [-0.3, -0.25) is 4.79 Å². The molecule has 15 heavy (non-hydrogen) atoms. The van der Waals surface area contributed by atoms with Gasteiger partial charge in [0.05, 0.1) is 13.2 Å². The van der Waals surface area contributed by atoms with E-state index >= 15 is 0 Å². The molecular formula is C9H18N2O4. The maximum absolute atomic E-state index is 11.1. The van der Waals surface area contributed by atoms with Gasteiger partial charge in [-0.05, 0) is 13.0 Å². The largest absolute Gasteiger partial charge is 0.480 e. The van der Waals surface area contributed by atoms with Crippen LogP contribution in [0.2, 0.25) is 0 Å². The van der Waals surface area contributed by atoms with Crippen LogP contribution >= 0.6 is 0 Å². The predicted molar refractivity (Wildman–Crippen MR) is 54.6 cm³/mol. The summed E-state index contributed by atoms with van der Waals surface area (Å²) in [7, 11) is 0. The molecular weight excluding hydrogens is 200 g/mol. The maximum atomic E-state index is 11.1. The van der Waals surface area contributed by atoms with Crippen LogP contribution in [0.4, 0.5) is 0 Å². The molecule has 0 radical (unpaired) electrons. The lowest BCUT2D eigenvalue weighted by atomic mass is 10.4. The van der Waals surface area contributed by atoms with Crippen LogP contribution in [0.15, 0.2) is 0 Å². The van der Waals surface area contributed by atoms with Crippen molar-refractivity contribution in [1.29, 1.82) is 0 Å². The zero-order valence-corrected chi connectivity index (χ0v) is 8.91. The third-order valence-corrected chi connectivity index (χ3v) is 1.51. The Kier molecular flexibility index (Phi) is 8.70. The van der Waals surface area contributed by atoms with Gasteiger partial charge < -0.3 is 20.5 Å². The van der Waals surface area contributed by atoms with Crippen molar-refractivity contribution in [2.24, 2.45) is 0 Å². The molecule has 0 aliphatic carbocycles. The van der Waals surface area contributed by atoms with E-state index in [1.165, 1.54) is 0 Å². The fourth-order valence-electron chi connectivity index (χ4n) is 0.863. The van der Waals surface area contributed by atoms with E-state index in [2.05, 4.69) is 10.6 Å². The number of carboxylic acids is 1. The van der Waals surface area contributed by atoms with Crippen molar-refractivity contribution in [2.45, 2.75) is 13.3 Å². The van der Waals surface area contributed by atoms with Crippen molar-refractivity contribution in [3.63, 3.8) is 0 Å². The highest BCUT2D eigenvalue weighted by atomic mass is 16.5. The van der Waals surface area contributed by atoms with Crippen LogP contribution in [0.1, 0.15) is 13.3 Å². The van der Waals surface area contributed by atoms with Crippen molar-refractivity contribution in [1.82, 2.24) is 10.6 Å². The Labute approximate surface area is 89.0 Å². The number of rotatable bonds is 9. The van der Waals surface area contributed by atoms with E-state index in [1.807, 2.05) is 6.92 Å². The fraction of sp³-hybridized carbons (Fsp3) is 0.778. The molecule has 0 fully saturated rings. The monoisotopic (exact) mass is 218 g/mol. The van der Waals surface area contributed by atoms with Crippen molar-refractivity contribution >= 4 is 11.9 Å². The average molecular weight is 218 g/mol. The van der Waals surface area contributed by atoms with Gasteiger partial charge >= 0.3 is 5.97 Å². The van der Waals surface area contributed by atoms with Crippen molar-refractivity contribution in [3.8, 4) is 0 Å². The molecule has 0 heterocycles. The Hall–Kier alpha value is -1.14. The van der Waals surface area contributed by atoms with Crippen LogP contribution in [-0.2, 0) is 14.3 Å². The summed E-state index contributed by atoms with van der Waals surface area (Å²) in [6.07, 6.45) is 0.981. The van der Waals surface area contributed by atoms with Gasteiger partial charge in [-0.1, -0.05) is 6.92 Å². The highest BCUT2D eigenvalue weighted by Gasteiger charge is 1.99. The van der Waals surface area contributed by atoms with Gasteiger partial charge in [-0.25, -0.2) is 4.79 Å². The smallest absolute Gasteiger partial charge is 0.329 e. The van der Waals surface area contributed by atoms with Gasteiger partial charge in [0.2, 0.25) is 5.91 Å². The van der Waals surface area contributed by atoms with Gasteiger partial charge in [0, 0.05) is 6.54 Å². The predicted octanol–water partition coefficient (Wildman–Crippen LogP) is -0.797. The van der Waals surface area contributed by atoms with Crippen LogP contribution < -0.4 is 10.6 Å². The third-order valence-electron chi connectivity index (χ3n) is 1.51. The highest BCUT2D eigenvalue weighted by Crippen LogP contribution is 1.74. The molecule has 0 aliphatic heterocycles. The topological polar surface area (TPSA) is 87.7 Å². The Morgan fingerprint density at radius 1 is 1.33 bits per heavy atom. The first-order chi connectivity index (χ1) is 7.16. The lowest BCUT2D eigenvalue weighted by Gasteiger charge is -2.05. The first kappa shape index (κ1) is 13.9. The quantitative estimate of drug-likeness (QED) is 0.441. The molecule has 0 rings (SSSR count). The highest BCUT2D eigenvalue weighted by molar-refractivity contribution is 5.77. The minimum absolute atomic E-state index is 0.109. The van der Waals surface area contributed by atoms with Gasteiger partial charge in [0.15, 0.2) is 0 Å². The number of aliphatic carboxylic acids is 1. The number of hydrogen-bond donors (Lipinski definition) is 3. The number of carboxylic acid groups (broad SMARTS) is 1. The van der Waals surface area contributed by atoms with E-state index in [0.717, 1.165) is 13.0 Å². The van der Waals surface area contributed by atoms with E-state index in [-0.39, 0.29) is 25.7 Å². The third kappa shape index (κ3) is 10.8. The second-order valence-electron chi connectivity index (χ2n) is 2.97. The molecule has 1 amide bonds. The summed E-state index contributed by atoms with van der Waals surface area (Å²) in [6, 6.07) is 0. The first-order valence-corrected chi connectivity index (χ1v) is 4.93.